The Morgan fingerprint density at radius 1 is 1.07 bits per heavy atom. The minimum atomic E-state index is -0.0697. The second-order valence-electron chi connectivity index (χ2n) is 7.12. The molecule has 0 atom stereocenters. The number of benzene rings is 2. The van der Waals surface area contributed by atoms with E-state index in [0.29, 0.717) is 17.7 Å². The monoisotopic (exact) mass is 391 g/mol. The first-order chi connectivity index (χ1) is 14.2. The zero-order valence-corrected chi connectivity index (χ0v) is 16.3. The lowest BCUT2D eigenvalue weighted by molar-refractivity contribution is 0.174. The molecular formula is C21H21N5O3. The molecule has 0 aliphatic carbocycles. The first-order valence-corrected chi connectivity index (χ1v) is 9.58. The van der Waals surface area contributed by atoms with Crippen molar-refractivity contribution in [1.29, 1.82) is 0 Å². The molecule has 0 saturated carbocycles. The van der Waals surface area contributed by atoms with Crippen LogP contribution in [-0.2, 0) is 20.1 Å². The van der Waals surface area contributed by atoms with Gasteiger partial charge in [-0.15, -0.1) is 10.2 Å². The third-order valence-corrected chi connectivity index (χ3v) is 5.35. The zero-order valence-electron chi connectivity index (χ0n) is 16.3. The normalized spacial score (nSPS) is 13.1. The van der Waals surface area contributed by atoms with Gasteiger partial charge in [0, 0.05) is 13.6 Å². The lowest BCUT2D eigenvalue weighted by atomic mass is 10.2. The van der Waals surface area contributed by atoms with E-state index in [9.17, 15) is 4.79 Å². The summed E-state index contributed by atoms with van der Waals surface area (Å²) in [6, 6.07) is 13.6. The van der Waals surface area contributed by atoms with Crippen LogP contribution in [-0.4, -0.2) is 37.4 Å². The topological polar surface area (TPSA) is 73.9 Å². The standard InChI is InChI=1S/C21H21N5O3/c1-3-25(11-14-8-9-17-18(10-14)29-13-28-17)12-19-22-23-21-24(2)20(27)15-6-4-5-7-16(15)26(19)21/h4-10H,3,11-13H2,1-2H3. The summed E-state index contributed by atoms with van der Waals surface area (Å²) < 4.78 is 14.4. The Kier molecular flexibility index (Phi) is 4.21. The molecular weight excluding hydrogens is 370 g/mol. The van der Waals surface area contributed by atoms with Crippen molar-refractivity contribution in [2.45, 2.75) is 20.0 Å². The molecule has 3 heterocycles. The maximum Gasteiger partial charge on any atom is 0.262 e. The average Bonchev–Trinajstić information content (AvgIpc) is 3.38. The van der Waals surface area contributed by atoms with Gasteiger partial charge >= 0.3 is 0 Å². The molecule has 1 aliphatic rings. The van der Waals surface area contributed by atoms with Gasteiger partial charge in [-0.05, 0) is 36.4 Å². The molecule has 148 valence electrons. The van der Waals surface area contributed by atoms with Crippen LogP contribution in [0.1, 0.15) is 18.3 Å². The van der Waals surface area contributed by atoms with Gasteiger partial charge in [0.05, 0.1) is 17.4 Å². The molecule has 0 fully saturated rings. The largest absolute Gasteiger partial charge is 0.454 e. The Morgan fingerprint density at radius 2 is 1.90 bits per heavy atom. The number of para-hydroxylation sites is 1. The molecule has 5 rings (SSSR count). The second-order valence-corrected chi connectivity index (χ2v) is 7.12. The number of aromatic nitrogens is 4. The van der Waals surface area contributed by atoms with E-state index in [4.69, 9.17) is 9.47 Å². The van der Waals surface area contributed by atoms with Gasteiger partial charge in [-0.2, -0.15) is 0 Å². The number of ether oxygens (including phenoxy) is 2. The highest BCUT2D eigenvalue weighted by atomic mass is 16.7. The number of hydrogen-bond acceptors (Lipinski definition) is 6. The number of rotatable bonds is 5. The van der Waals surface area contributed by atoms with Crippen LogP contribution in [0.4, 0.5) is 0 Å². The van der Waals surface area contributed by atoms with Crippen LogP contribution in [0.2, 0.25) is 0 Å². The molecule has 2 aromatic carbocycles. The van der Waals surface area contributed by atoms with Gasteiger partial charge < -0.3 is 9.47 Å². The van der Waals surface area contributed by atoms with E-state index >= 15 is 0 Å². The fourth-order valence-electron chi connectivity index (χ4n) is 3.77. The molecule has 0 radical (unpaired) electrons. The molecule has 0 bridgehead atoms. The third kappa shape index (κ3) is 2.92. The Balaban J connectivity index is 1.51. The average molecular weight is 391 g/mol. The van der Waals surface area contributed by atoms with Gasteiger partial charge in [-0.3, -0.25) is 18.7 Å². The van der Waals surface area contributed by atoms with Crippen LogP contribution < -0.4 is 15.0 Å². The van der Waals surface area contributed by atoms with E-state index in [1.54, 1.807) is 11.6 Å². The van der Waals surface area contributed by atoms with Crippen molar-refractivity contribution >= 4 is 16.7 Å². The minimum absolute atomic E-state index is 0.0697. The lowest BCUT2D eigenvalue weighted by Gasteiger charge is -2.20. The Hall–Kier alpha value is -3.39. The van der Waals surface area contributed by atoms with E-state index in [-0.39, 0.29) is 12.4 Å². The van der Waals surface area contributed by atoms with Crippen molar-refractivity contribution in [3.05, 3.63) is 64.2 Å². The molecule has 0 spiro atoms. The van der Waals surface area contributed by atoms with E-state index in [0.717, 1.165) is 41.5 Å². The summed E-state index contributed by atoms with van der Waals surface area (Å²) in [4.78, 5) is 14.9. The predicted octanol–water partition coefficient (Wildman–Crippen LogP) is 2.33. The van der Waals surface area contributed by atoms with Crippen LogP contribution in [0.5, 0.6) is 11.5 Å². The summed E-state index contributed by atoms with van der Waals surface area (Å²) in [7, 11) is 1.73. The SMILES string of the molecule is CCN(Cc1ccc2c(c1)OCO2)Cc1nnc2n(C)c(=O)c3ccccc3n12. The first kappa shape index (κ1) is 17.7. The van der Waals surface area contributed by atoms with Crippen LogP contribution >= 0.6 is 0 Å². The highest BCUT2D eigenvalue weighted by Gasteiger charge is 2.18. The molecule has 0 saturated heterocycles. The van der Waals surface area contributed by atoms with Crippen molar-refractivity contribution < 1.29 is 9.47 Å². The smallest absolute Gasteiger partial charge is 0.262 e. The van der Waals surface area contributed by atoms with Gasteiger partial charge in [0.1, 0.15) is 0 Å². The summed E-state index contributed by atoms with van der Waals surface area (Å²) >= 11 is 0. The molecule has 8 heteroatoms. The minimum Gasteiger partial charge on any atom is -0.454 e. The van der Waals surface area contributed by atoms with Gasteiger partial charge in [-0.25, -0.2) is 0 Å². The van der Waals surface area contributed by atoms with E-state index in [1.165, 1.54) is 0 Å². The maximum absolute atomic E-state index is 12.6. The quantitative estimate of drug-likeness (QED) is 0.520. The molecule has 2 aromatic heterocycles. The lowest BCUT2D eigenvalue weighted by Crippen LogP contribution is -2.25. The molecule has 0 N–H and O–H groups in total. The predicted molar refractivity (Wildman–Crippen MR) is 108 cm³/mol. The fraction of sp³-hybridized carbons (Fsp3) is 0.286. The molecule has 0 unspecified atom stereocenters. The molecule has 0 amide bonds. The summed E-state index contributed by atoms with van der Waals surface area (Å²) in [5.41, 5.74) is 1.90. The Labute approximate surface area is 166 Å². The highest BCUT2D eigenvalue weighted by molar-refractivity contribution is 5.80. The first-order valence-electron chi connectivity index (χ1n) is 9.58. The summed E-state index contributed by atoms with van der Waals surface area (Å²) in [6.45, 7) is 4.57. The number of hydrogen-bond donors (Lipinski definition) is 0. The van der Waals surface area contributed by atoms with Crippen molar-refractivity contribution in [3.63, 3.8) is 0 Å². The molecule has 1 aliphatic heterocycles. The fourth-order valence-corrected chi connectivity index (χ4v) is 3.77. The number of aryl methyl sites for hydroxylation is 1. The molecule has 4 aromatic rings. The summed E-state index contributed by atoms with van der Waals surface area (Å²) in [6.07, 6.45) is 0. The van der Waals surface area contributed by atoms with Gasteiger partial charge in [0.2, 0.25) is 12.6 Å². The van der Waals surface area contributed by atoms with Gasteiger partial charge in [-0.1, -0.05) is 25.1 Å². The number of nitrogens with zero attached hydrogens (tertiary/aromatic N) is 5. The highest BCUT2D eigenvalue weighted by Crippen LogP contribution is 2.32. The van der Waals surface area contributed by atoms with Crippen LogP contribution in [0.3, 0.4) is 0 Å². The Morgan fingerprint density at radius 3 is 2.76 bits per heavy atom. The summed E-state index contributed by atoms with van der Waals surface area (Å²) in [5.74, 6) is 2.91. The van der Waals surface area contributed by atoms with Crippen LogP contribution in [0.15, 0.2) is 47.3 Å². The number of fused-ring (bicyclic) bond motifs is 4. The third-order valence-electron chi connectivity index (χ3n) is 5.35. The maximum atomic E-state index is 12.6. The molecule has 29 heavy (non-hydrogen) atoms. The van der Waals surface area contributed by atoms with Gasteiger partial charge in [0.25, 0.3) is 5.56 Å². The second kappa shape index (κ2) is 6.89. The van der Waals surface area contributed by atoms with Crippen molar-refractivity contribution in [3.8, 4) is 11.5 Å². The van der Waals surface area contributed by atoms with E-state index in [1.807, 2.05) is 40.8 Å². The van der Waals surface area contributed by atoms with Crippen LogP contribution in [0, 0.1) is 0 Å². The summed E-state index contributed by atoms with van der Waals surface area (Å²) in [5, 5.41) is 9.34. The Bertz CT molecular complexity index is 1280. The zero-order chi connectivity index (χ0) is 20.0. The van der Waals surface area contributed by atoms with E-state index in [2.05, 4.69) is 28.1 Å². The van der Waals surface area contributed by atoms with Crippen molar-refractivity contribution in [1.82, 2.24) is 24.1 Å². The van der Waals surface area contributed by atoms with E-state index < -0.39 is 0 Å². The van der Waals surface area contributed by atoms with Gasteiger partial charge in [0.15, 0.2) is 17.3 Å². The van der Waals surface area contributed by atoms with Crippen molar-refractivity contribution in [2.24, 2.45) is 7.05 Å². The van der Waals surface area contributed by atoms with Crippen LogP contribution in [0.25, 0.3) is 16.7 Å². The molecule has 8 nitrogen and oxygen atoms in total. The van der Waals surface area contributed by atoms with Crippen molar-refractivity contribution in [2.75, 3.05) is 13.3 Å².